The molecule has 0 aliphatic rings. The molecule has 0 aliphatic carbocycles. The Hall–Kier alpha value is -1.55. The minimum absolute atomic E-state index is 0.150. The Balaban J connectivity index is 2.69. The van der Waals surface area contributed by atoms with Crippen molar-refractivity contribution in [1.82, 2.24) is 5.43 Å². The summed E-state index contributed by atoms with van der Waals surface area (Å²) < 4.78 is 0. The summed E-state index contributed by atoms with van der Waals surface area (Å²) in [6.07, 6.45) is 0.185. The van der Waals surface area contributed by atoms with E-state index in [1.165, 1.54) is 6.07 Å². The van der Waals surface area contributed by atoms with E-state index in [0.29, 0.717) is 0 Å². The molecule has 0 aromatic heterocycles. The summed E-state index contributed by atoms with van der Waals surface area (Å²) in [5.74, 6) is 4.77. The number of nitrogens with two attached hydrogens (primary N) is 1. The van der Waals surface area contributed by atoms with E-state index >= 15 is 0 Å². The first-order valence-electron chi connectivity index (χ1n) is 3.49. The number of hydrogen-bond acceptors (Lipinski definition) is 3. The van der Waals surface area contributed by atoms with Crippen LogP contribution in [0.2, 0.25) is 0 Å². The van der Waals surface area contributed by atoms with Crippen LogP contribution in [0.25, 0.3) is 0 Å². The highest BCUT2D eigenvalue weighted by Crippen LogP contribution is 2.10. The molecule has 0 atom stereocenters. The number of rotatable bonds is 2. The standard InChI is InChI=1S/C8H10N2O2/c9-10-8(12)5-6-2-1-3-7(11)4-6/h1-4,11H,5,9H2,(H,10,12). The van der Waals surface area contributed by atoms with Crippen molar-refractivity contribution in [1.29, 1.82) is 0 Å². The molecule has 0 spiro atoms. The lowest BCUT2D eigenvalue weighted by Gasteiger charge is -1.99. The van der Waals surface area contributed by atoms with Crippen LogP contribution in [0, 0.1) is 0 Å². The molecular weight excluding hydrogens is 156 g/mol. The van der Waals surface area contributed by atoms with Crippen LogP contribution in [0.1, 0.15) is 5.56 Å². The van der Waals surface area contributed by atoms with Gasteiger partial charge in [0.1, 0.15) is 5.75 Å². The van der Waals surface area contributed by atoms with Gasteiger partial charge in [-0.1, -0.05) is 12.1 Å². The van der Waals surface area contributed by atoms with Crippen LogP contribution in [0.5, 0.6) is 5.75 Å². The monoisotopic (exact) mass is 166 g/mol. The molecular formula is C8H10N2O2. The Bertz CT molecular complexity index is 286. The third-order valence-corrected chi connectivity index (χ3v) is 1.44. The van der Waals surface area contributed by atoms with Crippen molar-refractivity contribution in [2.75, 3.05) is 0 Å². The molecule has 1 aromatic rings. The molecule has 1 amide bonds. The molecule has 12 heavy (non-hydrogen) atoms. The van der Waals surface area contributed by atoms with Crippen molar-refractivity contribution in [2.24, 2.45) is 5.84 Å². The van der Waals surface area contributed by atoms with Crippen molar-refractivity contribution in [2.45, 2.75) is 6.42 Å². The van der Waals surface area contributed by atoms with Crippen molar-refractivity contribution in [3.05, 3.63) is 29.8 Å². The van der Waals surface area contributed by atoms with Gasteiger partial charge in [-0.2, -0.15) is 0 Å². The van der Waals surface area contributed by atoms with Crippen molar-refractivity contribution in [3.8, 4) is 5.75 Å². The lowest BCUT2D eigenvalue weighted by molar-refractivity contribution is -0.120. The average molecular weight is 166 g/mol. The second kappa shape index (κ2) is 3.73. The molecule has 0 radical (unpaired) electrons. The first-order chi connectivity index (χ1) is 5.72. The minimum atomic E-state index is -0.277. The Morgan fingerprint density at radius 2 is 2.33 bits per heavy atom. The van der Waals surface area contributed by atoms with E-state index < -0.39 is 0 Å². The number of nitrogens with one attached hydrogen (secondary N) is 1. The van der Waals surface area contributed by atoms with Crippen LogP contribution >= 0.6 is 0 Å². The van der Waals surface area contributed by atoms with Gasteiger partial charge in [-0.15, -0.1) is 0 Å². The van der Waals surface area contributed by atoms with Gasteiger partial charge in [-0.25, -0.2) is 5.84 Å². The van der Waals surface area contributed by atoms with Gasteiger partial charge < -0.3 is 5.11 Å². The van der Waals surface area contributed by atoms with Gasteiger partial charge in [0, 0.05) is 0 Å². The van der Waals surface area contributed by atoms with Crippen LogP contribution < -0.4 is 11.3 Å². The molecule has 4 N–H and O–H groups in total. The van der Waals surface area contributed by atoms with Crippen molar-refractivity contribution < 1.29 is 9.90 Å². The van der Waals surface area contributed by atoms with Gasteiger partial charge in [-0.05, 0) is 17.7 Å². The highest BCUT2D eigenvalue weighted by molar-refractivity contribution is 5.77. The van der Waals surface area contributed by atoms with Crippen molar-refractivity contribution in [3.63, 3.8) is 0 Å². The molecule has 0 unspecified atom stereocenters. The zero-order valence-electron chi connectivity index (χ0n) is 6.45. The number of amides is 1. The number of hydrogen-bond donors (Lipinski definition) is 3. The summed E-state index contributed by atoms with van der Waals surface area (Å²) in [5, 5.41) is 9.04. The number of carbonyl (C=O) groups excluding carboxylic acids is 1. The summed E-state index contributed by atoms with van der Waals surface area (Å²) in [5.41, 5.74) is 2.75. The van der Waals surface area contributed by atoms with Gasteiger partial charge in [0.25, 0.3) is 0 Å². The average Bonchev–Trinajstić information content (AvgIpc) is 2.04. The Morgan fingerprint density at radius 1 is 1.58 bits per heavy atom. The van der Waals surface area contributed by atoms with Gasteiger partial charge in [-0.3, -0.25) is 10.2 Å². The number of benzene rings is 1. The van der Waals surface area contributed by atoms with Gasteiger partial charge in [0.05, 0.1) is 6.42 Å². The zero-order chi connectivity index (χ0) is 8.97. The maximum Gasteiger partial charge on any atom is 0.238 e. The van der Waals surface area contributed by atoms with E-state index in [1.54, 1.807) is 18.2 Å². The molecule has 4 nitrogen and oxygen atoms in total. The fourth-order valence-corrected chi connectivity index (χ4v) is 0.903. The van der Waals surface area contributed by atoms with Crippen LogP contribution in [0.4, 0.5) is 0 Å². The summed E-state index contributed by atoms with van der Waals surface area (Å²) in [6, 6.07) is 6.49. The number of carbonyl (C=O) groups is 1. The fraction of sp³-hybridized carbons (Fsp3) is 0.125. The highest BCUT2D eigenvalue weighted by atomic mass is 16.3. The summed E-state index contributed by atoms with van der Waals surface area (Å²) in [6.45, 7) is 0. The molecule has 0 saturated heterocycles. The topological polar surface area (TPSA) is 75.3 Å². The van der Waals surface area contributed by atoms with E-state index in [4.69, 9.17) is 10.9 Å². The predicted octanol–water partition coefficient (Wildman–Crippen LogP) is -0.0754. The van der Waals surface area contributed by atoms with Gasteiger partial charge >= 0.3 is 0 Å². The van der Waals surface area contributed by atoms with Crippen LogP contribution in [0.15, 0.2) is 24.3 Å². The molecule has 1 rings (SSSR count). The largest absolute Gasteiger partial charge is 0.508 e. The smallest absolute Gasteiger partial charge is 0.238 e. The number of phenolic OH excluding ortho intramolecular Hbond substituents is 1. The van der Waals surface area contributed by atoms with Crippen LogP contribution in [-0.4, -0.2) is 11.0 Å². The SMILES string of the molecule is NNC(=O)Cc1cccc(O)c1. The predicted molar refractivity (Wildman–Crippen MR) is 44.1 cm³/mol. The molecule has 64 valence electrons. The second-order valence-electron chi connectivity index (χ2n) is 2.41. The maximum atomic E-state index is 10.8. The van der Waals surface area contributed by atoms with E-state index in [-0.39, 0.29) is 18.1 Å². The van der Waals surface area contributed by atoms with Crippen LogP contribution in [0.3, 0.4) is 0 Å². The minimum Gasteiger partial charge on any atom is -0.508 e. The summed E-state index contributed by atoms with van der Waals surface area (Å²) in [4.78, 5) is 10.8. The number of hydrazine groups is 1. The van der Waals surface area contributed by atoms with E-state index in [0.717, 1.165) is 5.56 Å². The fourth-order valence-electron chi connectivity index (χ4n) is 0.903. The molecule has 4 heteroatoms. The summed E-state index contributed by atoms with van der Waals surface area (Å²) in [7, 11) is 0. The van der Waals surface area contributed by atoms with Crippen molar-refractivity contribution >= 4 is 5.91 Å². The zero-order valence-corrected chi connectivity index (χ0v) is 6.45. The first kappa shape index (κ1) is 8.55. The Kier molecular flexibility index (Phi) is 2.66. The van der Waals surface area contributed by atoms with E-state index in [2.05, 4.69) is 0 Å². The van der Waals surface area contributed by atoms with Crippen LogP contribution in [-0.2, 0) is 11.2 Å². The van der Waals surface area contributed by atoms with E-state index in [1.807, 2.05) is 5.43 Å². The lowest BCUT2D eigenvalue weighted by Crippen LogP contribution is -2.31. The first-order valence-corrected chi connectivity index (χ1v) is 3.49. The summed E-state index contributed by atoms with van der Waals surface area (Å²) >= 11 is 0. The molecule has 1 aromatic carbocycles. The van der Waals surface area contributed by atoms with Gasteiger partial charge in [0.15, 0.2) is 0 Å². The third-order valence-electron chi connectivity index (χ3n) is 1.44. The van der Waals surface area contributed by atoms with E-state index in [9.17, 15) is 4.79 Å². The second-order valence-corrected chi connectivity index (χ2v) is 2.41. The normalized spacial score (nSPS) is 9.42. The molecule has 0 aliphatic heterocycles. The third kappa shape index (κ3) is 2.25. The Labute approximate surface area is 70.0 Å². The quantitative estimate of drug-likeness (QED) is 0.327. The molecule has 0 saturated carbocycles. The number of aromatic hydroxyl groups is 1. The Morgan fingerprint density at radius 3 is 2.92 bits per heavy atom. The maximum absolute atomic E-state index is 10.8. The highest BCUT2D eigenvalue weighted by Gasteiger charge is 2.00. The molecule has 0 heterocycles. The molecule has 0 fully saturated rings. The lowest BCUT2D eigenvalue weighted by atomic mass is 10.1. The number of phenols is 1. The molecule has 0 bridgehead atoms. The van der Waals surface area contributed by atoms with Gasteiger partial charge in [0.2, 0.25) is 5.91 Å².